The minimum absolute atomic E-state index is 0.100. The lowest BCUT2D eigenvalue weighted by Gasteiger charge is -2.30. The summed E-state index contributed by atoms with van der Waals surface area (Å²) in [5.74, 6) is 0. The topological polar surface area (TPSA) is 0 Å². The van der Waals surface area contributed by atoms with Crippen molar-refractivity contribution in [1.82, 2.24) is 0 Å². The van der Waals surface area contributed by atoms with Crippen LogP contribution in [0.2, 0.25) is 0 Å². The number of allylic oxidation sites excluding steroid dienone is 28. The summed E-state index contributed by atoms with van der Waals surface area (Å²) in [7, 11) is 0. The fourth-order valence-electron chi connectivity index (χ4n) is 10.6. The summed E-state index contributed by atoms with van der Waals surface area (Å²) >= 11 is 0. The summed E-state index contributed by atoms with van der Waals surface area (Å²) < 4.78 is 0. The zero-order valence-corrected chi connectivity index (χ0v) is 29.8. The van der Waals surface area contributed by atoms with Gasteiger partial charge in [-0.05, 0) is 179 Å². The van der Waals surface area contributed by atoms with Crippen LogP contribution in [-0.4, -0.2) is 0 Å². The van der Waals surface area contributed by atoms with Gasteiger partial charge in [0, 0.05) is 10.8 Å². The molecule has 0 nitrogen and oxygen atoms in total. The third kappa shape index (κ3) is 4.84. The summed E-state index contributed by atoms with van der Waals surface area (Å²) in [5, 5.41) is 0. The molecular weight excluding hydrogens is 577 g/mol. The minimum Gasteiger partial charge on any atom is -0.0842 e. The van der Waals surface area contributed by atoms with Gasteiger partial charge in [-0.3, -0.25) is 0 Å². The summed E-state index contributed by atoms with van der Waals surface area (Å²) in [6.45, 7) is 9.96. The molecule has 9 rings (SSSR count). The van der Waals surface area contributed by atoms with E-state index in [2.05, 4.69) is 101 Å². The van der Waals surface area contributed by atoms with Crippen molar-refractivity contribution in [2.45, 2.75) is 118 Å². The third-order valence-corrected chi connectivity index (χ3v) is 13.4. The molecule has 0 heteroatoms. The summed E-state index contributed by atoms with van der Waals surface area (Å²) in [6, 6.07) is 0. The second-order valence-electron chi connectivity index (χ2n) is 16.7. The first-order chi connectivity index (χ1) is 23.3. The van der Waals surface area contributed by atoms with Crippen LogP contribution in [0.5, 0.6) is 0 Å². The predicted molar refractivity (Wildman–Crippen MR) is 203 cm³/mol. The van der Waals surface area contributed by atoms with Gasteiger partial charge in [-0.2, -0.15) is 0 Å². The molecule has 0 radical (unpaired) electrons. The van der Waals surface area contributed by atoms with Crippen LogP contribution >= 0.6 is 0 Å². The maximum atomic E-state index is 2.63. The second kappa shape index (κ2) is 11.5. The molecular formula is C48H52. The molecule has 0 fully saturated rings. The Hall–Kier alpha value is -3.64. The molecule has 0 bridgehead atoms. The highest BCUT2D eigenvalue weighted by Crippen LogP contribution is 2.58. The second-order valence-corrected chi connectivity index (χ2v) is 16.7. The Bertz CT molecular complexity index is 1820. The number of fused-ring (bicyclic) bond motifs is 2. The fourth-order valence-corrected chi connectivity index (χ4v) is 10.6. The molecule has 0 unspecified atom stereocenters. The molecule has 0 heterocycles. The first kappa shape index (κ1) is 30.4. The van der Waals surface area contributed by atoms with Crippen LogP contribution in [0.3, 0.4) is 0 Å². The van der Waals surface area contributed by atoms with Gasteiger partial charge in [-0.25, -0.2) is 0 Å². The van der Waals surface area contributed by atoms with Crippen molar-refractivity contribution in [3.63, 3.8) is 0 Å². The normalized spacial score (nSPS) is 27.2. The first-order valence-electron chi connectivity index (χ1n) is 19.2. The Morgan fingerprint density at radius 1 is 0.333 bits per heavy atom. The fraction of sp³-hybridized carbons (Fsp3) is 0.417. The highest BCUT2D eigenvalue weighted by molar-refractivity contribution is 5.68. The SMILES string of the molecule is CC1(C)C2=C(CCC(C3=CC=CCC3)=C2)C2=C1C=C(C1=CC=C(C3=CC4=C(CC3)C3=C(C=C(C5=CC=CCC5)CC3)C4(C)C)CC1)CC2. The van der Waals surface area contributed by atoms with E-state index in [9.17, 15) is 0 Å². The van der Waals surface area contributed by atoms with E-state index in [-0.39, 0.29) is 10.8 Å². The van der Waals surface area contributed by atoms with Crippen LogP contribution in [0.1, 0.15) is 118 Å². The lowest BCUT2D eigenvalue weighted by atomic mass is 9.74. The number of rotatable bonds is 4. The molecule has 0 N–H and O–H groups in total. The van der Waals surface area contributed by atoms with E-state index < -0.39 is 0 Å². The van der Waals surface area contributed by atoms with E-state index in [1.54, 1.807) is 89.2 Å². The van der Waals surface area contributed by atoms with Crippen molar-refractivity contribution in [3.8, 4) is 0 Å². The van der Waals surface area contributed by atoms with Gasteiger partial charge in [-0.15, -0.1) is 0 Å². The van der Waals surface area contributed by atoms with E-state index in [0.29, 0.717) is 0 Å². The van der Waals surface area contributed by atoms with Crippen LogP contribution in [0.4, 0.5) is 0 Å². The highest BCUT2D eigenvalue weighted by Gasteiger charge is 2.42. The highest BCUT2D eigenvalue weighted by atomic mass is 14.5. The molecule has 9 aliphatic carbocycles. The molecule has 0 aliphatic heterocycles. The van der Waals surface area contributed by atoms with E-state index in [1.165, 1.54) is 89.9 Å². The smallest absolute Gasteiger partial charge is 0.0152 e. The van der Waals surface area contributed by atoms with Gasteiger partial charge in [0.15, 0.2) is 0 Å². The van der Waals surface area contributed by atoms with E-state index in [1.807, 2.05) is 0 Å². The van der Waals surface area contributed by atoms with Gasteiger partial charge in [0.1, 0.15) is 0 Å². The Morgan fingerprint density at radius 3 is 0.896 bits per heavy atom. The zero-order chi connectivity index (χ0) is 32.6. The molecule has 244 valence electrons. The molecule has 0 aromatic heterocycles. The Morgan fingerprint density at radius 2 is 0.625 bits per heavy atom. The average molecular weight is 629 g/mol. The van der Waals surface area contributed by atoms with Crippen molar-refractivity contribution >= 4 is 0 Å². The van der Waals surface area contributed by atoms with E-state index >= 15 is 0 Å². The molecule has 9 aliphatic rings. The Kier molecular flexibility index (Phi) is 7.27. The van der Waals surface area contributed by atoms with Gasteiger partial charge in [0.2, 0.25) is 0 Å². The number of hydrogen-bond donors (Lipinski definition) is 0. The molecule has 0 saturated heterocycles. The van der Waals surface area contributed by atoms with Gasteiger partial charge in [-0.1, -0.05) is 101 Å². The van der Waals surface area contributed by atoms with Gasteiger partial charge >= 0.3 is 0 Å². The average Bonchev–Trinajstić information content (AvgIpc) is 3.50. The van der Waals surface area contributed by atoms with Crippen molar-refractivity contribution in [2.75, 3.05) is 0 Å². The molecule has 0 saturated carbocycles. The first-order valence-corrected chi connectivity index (χ1v) is 19.2. The van der Waals surface area contributed by atoms with Gasteiger partial charge in [0.05, 0.1) is 0 Å². The van der Waals surface area contributed by atoms with Gasteiger partial charge in [0.25, 0.3) is 0 Å². The Balaban J connectivity index is 0.952. The number of hydrogen-bond acceptors (Lipinski definition) is 0. The van der Waals surface area contributed by atoms with Gasteiger partial charge < -0.3 is 0 Å². The molecule has 0 atom stereocenters. The van der Waals surface area contributed by atoms with Crippen LogP contribution in [0, 0.1) is 10.8 Å². The minimum atomic E-state index is 0.100. The molecule has 0 amide bonds. The molecule has 0 aromatic carbocycles. The summed E-state index contributed by atoms with van der Waals surface area (Å²) in [5.41, 5.74) is 26.1. The van der Waals surface area contributed by atoms with Crippen molar-refractivity contribution < 1.29 is 0 Å². The molecule has 0 aromatic rings. The van der Waals surface area contributed by atoms with E-state index in [0.717, 1.165) is 0 Å². The summed E-state index contributed by atoms with van der Waals surface area (Å²) in [6.07, 6.45) is 46.1. The predicted octanol–water partition coefficient (Wildman–Crippen LogP) is 13.3. The quantitative estimate of drug-likeness (QED) is 0.291. The largest absolute Gasteiger partial charge is 0.0842 e. The van der Waals surface area contributed by atoms with Crippen LogP contribution < -0.4 is 0 Å². The molecule has 0 spiro atoms. The van der Waals surface area contributed by atoms with Crippen LogP contribution in [0.15, 0.2) is 162 Å². The standard InChI is InChI=1S/C48H52/c1-47(2)43-27-35(31-11-7-5-8-12-31)19-23-39(43)41-25-21-37(29-45(41)47)33-15-17-34(18-16-33)38-22-26-42-40-24-20-36(32-13-9-6-10-14-32)28-44(40)48(3,4)46(42)30-38/h5-7,9,11,13,15,17,27-30H,8,10,12,14,16,18-26H2,1-4H3. The maximum absolute atomic E-state index is 2.63. The lowest BCUT2D eigenvalue weighted by molar-refractivity contribution is 0.565. The lowest BCUT2D eigenvalue weighted by Crippen LogP contribution is -2.16. The van der Waals surface area contributed by atoms with Crippen LogP contribution in [-0.2, 0) is 0 Å². The van der Waals surface area contributed by atoms with Crippen molar-refractivity contribution in [2.24, 2.45) is 10.8 Å². The Labute approximate surface area is 289 Å². The van der Waals surface area contributed by atoms with E-state index in [4.69, 9.17) is 0 Å². The zero-order valence-electron chi connectivity index (χ0n) is 29.8. The summed E-state index contributed by atoms with van der Waals surface area (Å²) in [4.78, 5) is 0. The third-order valence-electron chi connectivity index (χ3n) is 13.4. The molecule has 48 heavy (non-hydrogen) atoms. The monoisotopic (exact) mass is 628 g/mol. The maximum Gasteiger partial charge on any atom is 0.0152 e. The van der Waals surface area contributed by atoms with Crippen LogP contribution in [0.25, 0.3) is 0 Å². The van der Waals surface area contributed by atoms with Crippen molar-refractivity contribution in [3.05, 3.63) is 162 Å². The van der Waals surface area contributed by atoms with Crippen molar-refractivity contribution in [1.29, 1.82) is 0 Å².